The molecule has 5 nitrogen and oxygen atoms in total. The fourth-order valence-electron chi connectivity index (χ4n) is 1.34. The van der Waals surface area contributed by atoms with Gasteiger partial charge in [-0.15, -0.1) is 0 Å². The molecular formula is C10H13N3O2. The van der Waals surface area contributed by atoms with Gasteiger partial charge in [0, 0.05) is 18.7 Å². The number of rotatable bonds is 4. The van der Waals surface area contributed by atoms with Gasteiger partial charge < -0.3 is 14.8 Å². The molecule has 0 saturated heterocycles. The minimum absolute atomic E-state index is 0.125. The van der Waals surface area contributed by atoms with Crippen LogP contribution in [0.5, 0.6) is 0 Å². The zero-order valence-corrected chi connectivity index (χ0v) is 8.53. The lowest BCUT2D eigenvalue weighted by atomic mass is 10.3. The third-order valence-corrected chi connectivity index (χ3v) is 2.10. The first kappa shape index (κ1) is 10.1. The molecule has 80 valence electrons. The van der Waals surface area contributed by atoms with E-state index in [1.807, 2.05) is 6.92 Å². The van der Waals surface area contributed by atoms with Crippen molar-refractivity contribution in [2.45, 2.75) is 13.5 Å². The Hall–Kier alpha value is -1.46. The number of aliphatic hydroxyl groups excluding tert-OH is 1. The zero-order valence-electron chi connectivity index (χ0n) is 8.53. The molecule has 2 rings (SSSR count). The Morgan fingerprint density at radius 1 is 1.53 bits per heavy atom. The molecule has 0 amide bonds. The Morgan fingerprint density at radius 2 is 2.40 bits per heavy atom. The van der Waals surface area contributed by atoms with Gasteiger partial charge in [-0.1, -0.05) is 0 Å². The summed E-state index contributed by atoms with van der Waals surface area (Å²) in [7, 11) is 0. The second-order valence-corrected chi connectivity index (χ2v) is 3.33. The van der Waals surface area contributed by atoms with E-state index in [2.05, 4.69) is 15.3 Å². The summed E-state index contributed by atoms with van der Waals surface area (Å²) in [6.45, 7) is 3.23. The summed E-state index contributed by atoms with van der Waals surface area (Å²) in [4.78, 5) is 8.56. The van der Waals surface area contributed by atoms with Crippen LogP contribution in [0.3, 0.4) is 0 Å². The van der Waals surface area contributed by atoms with Crippen LogP contribution >= 0.6 is 0 Å². The van der Waals surface area contributed by atoms with Crippen LogP contribution in [0.15, 0.2) is 16.9 Å². The van der Waals surface area contributed by atoms with Crippen LogP contribution in [0.25, 0.3) is 11.2 Å². The average Bonchev–Trinajstić information content (AvgIpc) is 2.61. The largest absolute Gasteiger partial charge is 0.445 e. The molecule has 0 aliphatic carbocycles. The summed E-state index contributed by atoms with van der Waals surface area (Å²) in [6.07, 6.45) is 3.32. The monoisotopic (exact) mass is 207 g/mol. The van der Waals surface area contributed by atoms with E-state index in [1.54, 1.807) is 12.5 Å². The van der Waals surface area contributed by atoms with Gasteiger partial charge in [0.05, 0.1) is 24.8 Å². The zero-order chi connectivity index (χ0) is 10.7. The minimum Gasteiger partial charge on any atom is -0.445 e. The number of fused-ring (bicyclic) bond motifs is 1. The number of hydrogen-bond donors (Lipinski definition) is 2. The summed E-state index contributed by atoms with van der Waals surface area (Å²) in [6, 6.07) is 0. The number of hydrogen-bond acceptors (Lipinski definition) is 5. The molecule has 0 aromatic carbocycles. The van der Waals surface area contributed by atoms with E-state index in [1.165, 1.54) is 0 Å². The lowest BCUT2D eigenvalue weighted by Gasteiger charge is -2.01. The number of aryl methyl sites for hydroxylation is 1. The molecule has 2 heterocycles. The van der Waals surface area contributed by atoms with E-state index in [4.69, 9.17) is 9.52 Å². The first-order chi connectivity index (χ1) is 7.31. The maximum absolute atomic E-state index is 8.61. The summed E-state index contributed by atoms with van der Waals surface area (Å²) in [5.74, 6) is 0. The molecule has 0 spiro atoms. The molecule has 5 heteroatoms. The maximum atomic E-state index is 8.61. The first-order valence-electron chi connectivity index (χ1n) is 4.82. The highest BCUT2D eigenvalue weighted by Crippen LogP contribution is 2.15. The van der Waals surface area contributed by atoms with Crippen LogP contribution < -0.4 is 5.32 Å². The van der Waals surface area contributed by atoms with Gasteiger partial charge in [0.2, 0.25) is 5.71 Å². The van der Waals surface area contributed by atoms with Gasteiger partial charge in [-0.2, -0.15) is 0 Å². The van der Waals surface area contributed by atoms with Crippen LogP contribution in [0.4, 0.5) is 0 Å². The van der Waals surface area contributed by atoms with E-state index in [0.717, 1.165) is 16.8 Å². The van der Waals surface area contributed by atoms with Crippen LogP contribution in [-0.4, -0.2) is 28.2 Å². The van der Waals surface area contributed by atoms with Gasteiger partial charge in [0.25, 0.3) is 0 Å². The molecule has 0 fully saturated rings. The second kappa shape index (κ2) is 4.37. The Labute approximate surface area is 87.2 Å². The van der Waals surface area contributed by atoms with E-state index in [9.17, 15) is 0 Å². The van der Waals surface area contributed by atoms with Crippen LogP contribution in [0, 0.1) is 6.92 Å². The topological polar surface area (TPSA) is 71.2 Å². The van der Waals surface area contributed by atoms with E-state index >= 15 is 0 Å². The summed E-state index contributed by atoms with van der Waals surface area (Å²) >= 11 is 0. The standard InChI is InChI=1S/C10H13N3O2/c1-7-6-15-10-9(7)13-8(5-12-10)4-11-2-3-14/h5-6,11,14H,2-4H2,1H3. The van der Waals surface area contributed by atoms with Gasteiger partial charge >= 0.3 is 0 Å². The fourth-order valence-corrected chi connectivity index (χ4v) is 1.34. The molecule has 2 aromatic rings. The Kier molecular flexibility index (Phi) is 2.94. The lowest BCUT2D eigenvalue weighted by Crippen LogP contribution is -2.18. The fraction of sp³-hybridized carbons (Fsp3) is 0.400. The van der Waals surface area contributed by atoms with Crippen LogP contribution in [0.1, 0.15) is 11.3 Å². The van der Waals surface area contributed by atoms with Gasteiger partial charge in [0.1, 0.15) is 5.52 Å². The third kappa shape index (κ3) is 2.14. The van der Waals surface area contributed by atoms with Gasteiger partial charge in [-0.3, -0.25) is 0 Å². The second-order valence-electron chi connectivity index (χ2n) is 3.33. The quantitative estimate of drug-likeness (QED) is 0.719. The molecule has 0 radical (unpaired) electrons. The molecule has 0 aliphatic heterocycles. The predicted molar refractivity (Wildman–Crippen MR) is 55.3 cm³/mol. The van der Waals surface area contributed by atoms with Crippen LogP contribution in [-0.2, 0) is 6.54 Å². The highest BCUT2D eigenvalue weighted by molar-refractivity contribution is 5.71. The van der Waals surface area contributed by atoms with Crippen molar-refractivity contribution in [3.8, 4) is 0 Å². The molecule has 2 aromatic heterocycles. The van der Waals surface area contributed by atoms with Gasteiger partial charge in [0.15, 0.2) is 0 Å². The number of aromatic nitrogens is 2. The molecule has 0 bridgehead atoms. The van der Waals surface area contributed by atoms with Crippen molar-refractivity contribution in [1.82, 2.24) is 15.3 Å². The highest BCUT2D eigenvalue weighted by Gasteiger charge is 2.05. The van der Waals surface area contributed by atoms with Gasteiger partial charge in [-0.05, 0) is 6.92 Å². The number of furan rings is 1. The van der Waals surface area contributed by atoms with E-state index in [-0.39, 0.29) is 6.61 Å². The molecule has 15 heavy (non-hydrogen) atoms. The third-order valence-electron chi connectivity index (χ3n) is 2.10. The summed E-state index contributed by atoms with van der Waals surface area (Å²) in [5.41, 5.74) is 3.21. The Bertz CT molecular complexity index is 453. The normalized spacial score (nSPS) is 11.1. The molecule has 0 aliphatic rings. The molecule has 2 N–H and O–H groups in total. The van der Waals surface area contributed by atoms with Crippen molar-refractivity contribution in [2.24, 2.45) is 0 Å². The SMILES string of the molecule is Cc1coc2ncc(CNCCO)nc12. The van der Waals surface area contributed by atoms with Crippen molar-refractivity contribution < 1.29 is 9.52 Å². The first-order valence-corrected chi connectivity index (χ1v) is 4.82. The minimum atomic E-state index is 0.125. The van der Waals surface area contributed by atoms with E-state index < -0.39 is 0 Å². The average molecular weight is 207 g/mol. The smallest absolute Gasteiger partial charge is 0.245 e. The molecule has 0 atom stereocenters. The van der Waals surface area contributed by atoms with Crippen molar-refractivity contribution in [1.29, 1.82) is 0 Å². The highest BCUT2D eigenvalue weighted by atomic mass is 16.3. The summed E-state index contributed by atoms with van der Waals surface area (Å²) < 4.78 is 5.20. The maximum Gasteiger partial charge on any atom is 0.245 e. The molecule has 0 saturated carbocycles. The van der Waals surface area contributed by atoms with Crippen molar-refractivity contribution in [2.75, 3.05) is 13.2 Å². The Morgan fingerprint density at radius 3 is 3.20 bits per heavy atom. The number of nitrogens with zero attached hydrogens (tertiary/aromatic N) is 2. The predicted octanol–water partition coefficient (Wildman–Crippen LogP) is 0.613. The van der Waals surface area contributed by atoms with Crippen LogP contribution in [0.2, 0.25) is 0 Å². The van der Waals surface area contributed by atoms with E-state index in [0.29, 0.717) is 18.8 Å². The van der Waals surface area contributed by atoms with Crippen molar-refractivity contribution >= 4 is 11.2 Å². The lowest BCUT2D eigenvalue weighted by molar-refractivity contribution is 0.291. The van der Waals surface area contributed by atoms with Crippen molar-refractivity contribution in [3.05, 3.63) is 23.7 Å². The number of aliphatic hydroxyl groups is 1. The Balaban J connectivity index is 2.18. The molecular weight excluding hydrogens is 194 g/mol. The number of nitrogens with one attached hydrogen (secondary N) is 1. The summed E-state index contributed by atoms with van der Waals surface area (Å²) in [5, 5.41) is 11.7. The van der Waals surface area contributed by atoms with Gasteiger partial charge in [-0.25, -0.2) is 9.97 Å². The van der Waals surface area contributed by atoms with Crippen molar-refractivity contribution in [3.63, 3.8) is 0 Å². The molecule has 0 unspecified atom stereocenters.